The number of Topliss-reactive ketones (excluding diaryl/α,β-unsaturated/α-hetero) is 1. The average molecular weight is 241 g/mol. The summed E-state index contributed by atoms with van der Waals surface area (Å²) in [4.78, 5) is 14.0. The van der Waals surface area contributed by atoms with Gasteiger partial charge in [-0.1, -0.05) is 0 Å². The highest BCUT2D eigenvalue weighted by Gasteiger charge is 2.25. The quantitative estimate of drug-likeness (QED) is 0.734. The first kappa shape index (κ1) is 13.0. The minimum absolute atomic E-state index is 0.0913. The van der Waals surface area contributed by atoms with Crippen molar-refractivity contribution < 1.29 is 14.3 Å². The number of carbonyl (C=O) groups is 1. The van der Waals surface area contributed by atoms with E-state index < -0.39 is 0 Å². The fourth-order valence-electron chi connectivity index (χ4n) is 2.67. The summed E-state index contributed by atoms with van der Waals surface area (Å²) in [6.45, 7) is 4.92. The van der Waals surface area contributed by atoms with E-state index in [1.54, 1.807) is 0 Å². The number of ketones is 1. The normalized spacial score (nSPS) is 27.6. The first-order valence-electron chi connectivity index (χ1n) is 6.62. The van der Waals surface area contributed by atoms with Gasteiger partial charge < -0.3 is 14.4 Å². The predicted molar refractivity (Wildman–Crippen MR) is 65.0 cm³/mol. The first-order chi connectivity index (χ1) is 8.25. The standard InChI is InChI=1S/C13H23NO3/c1-14(8-11-2-5-16-6-3-11)9-12-10-17-7-4-13(12)15/h11-12H,2-10H2,1H3. The topological polar surface area (TPSA) is 38.8 Å². The van der Waals surface area contributed by atoms with Gasteiger partial charge in [-0.05, 0) is 25.8 Å². The molecule has 0 aromatic heterocycles. The fourth-order valence-corrected chi connectivity index (χ4v) is 2.67. The van der Waals surface area contributed by atoms with Crippen LogP contribution in [0.1, 0.15) is 19.3 Å². The lowest BCUT2D eigenvalue weighted by Gasteiger charge is -2.30. The van der Waals surface area contributed by atoms with Crippen LogP contribution in [0.15, 0.2) is 0 Å². The lowest BCUT2D eigenvalue weighted by Crippen LogP contribution is -2.39. The summed E-state index contributed by atoms with van der Waals surface area (Å²) in [7, 11) is 2.11. The second kappa shape index (κ2) is 6.47. The summed E-state index contributed by atoms with van der Waals surface area (Å²) in [6.07, 6.45) is 2.90. The fraction of sp³-hybridized carbons (Fsp3) is 0.923. The van der Waals surface area contributed by atoms with Crippen molar-refractivity contribution in [3.8, 4) is 0 Å². The van der Waals surface area contributed by atoms with E-state index in [4.69, 9.17) is 9.47 Å². The molecule has 0 aromatic carbocycles. The number of carbonyl (C=O) groups excluding carboxylic acids is 1. The van der Waals surface area contributed by atoms with E-state index in [-0.39, 0.29) is 5.92 Å². The second-order valence-corrected chi connectivity index (χ2v) is 5.27. The highest BCUT2D eigenvalue weighted by molar-refractivity contribution is 5.82. The summed E-state index contributed by atoms with van der Waals surface area (Å²) >= 11 is 0. The lowest BCUT2D eigenvalue weighted by molar-refractivity contribution is -0.131. The Morgan fingerprint density at radius 2 is 1.94 bits per heavy atom. The van der Waals surface area contributed by atoms with Crippen molar-refractivity contribution in [3.63, 3.8) is 0 Å². The number of ether oxygens (including phenoxy) is 2. The van der Waals surface area contributed by atoms with Crippen LogP contribution in [0.25, 0.3) is 0 Å². The third-order valence-electron chi connectivity index (χ3n) is 3.71. The smallest absolute Gasteiger partial charge is 0.141 e. The van der Waals surface area contributed by atoms with Gasteiger partial charge in [-0.25, -0.2) is 0 Å². The number of nitrogens with zero attached hydrogens (tertiary/aromatic N) is 1. The van der Waals surface area contributed by atoms with Gasteiger partial charge in [0.1, 0.15) is 5.78 Å². The molecule has 1 atom stereocenters. The van der Waals surface area contributed by atoms with Gasteiger partial charge in [0.25, 0.3) is 0 Å². The molecule has 0 radical (unpaired) electrons. The first-order valence-corrected chi connectivity index (χ1v) is 6.62. The van der Waals surface area contributed by atoms with E-state index in [9.17, 15) is 4.79 Å². The molecule has 0 saturated carbocycles. The van der Waals surface area contributed by atoms with Crippen molar-refractivity contribution >= 4 is 5.78 Å². The van der Waals surface area contributed by atoms with E-state index in [1.165, 1.54) is 0 Å². The zero-order valence-electron chi connectivity index (χ0n) is 10.7. The Hall–Kier alpha value is -0.450. The minimum atomic E-state index is 0.0913. The summed E-state index contributed by atoms with van der Waals surface area (Å²) in [6, 6.07) is 0. The molecular weight excluding hydrogens is 218 g/mol. The molecule has 0 N–H and O–H groups in total. The third kappa shape index (κ3) is 4.05. The Bertz CT molecular complexity index is 251. The summed E-state index contributed by atoms with van der Waals surface area (Å²) < 4.78 is 10.7. The van der Waals surface area contributed by atoms with Crippen molar-refractivity contribution in [3.05, 3.63) is 0 Å². The van der Waals surface area contributed by atoms with Crippen LogP contribution >= 0.6 is 0 Å². The second-order valence-electron chi connectivity index (χ2n) is 5.27. The van der Waals surface area contributed by atoms with E-state index >= 15 is 0 Å². The monoisotopic (exact) mass is 241 g/mol. The van der Waals surface area contributed by atoms with Crippen molar-refractivity contribution in [2.45, 2.75) is 19.3 Å². The summed E-state index contributed by atoms with van der Waals surface area (Å²) in [5.74, 6) is 1.19. The molecule has 2 heterocycles. The van der Waals surface area contributed by atoms with Gasteiger partial charge in [0, 0.05) is 32.7 Å². The van der Waals surface area contributed by atoms with Crippen LogP contribution in [0.4, 0.5) is 0 Å². The maximum absolute atomic E-state index is 11.7. The maximum Gasteiger partial charge on any atom is 0.141 e. The number of hydrogen-bond donors (Lipinski definition) is 0. The molecular formula is C13H23NO3. The molecule has 4 heteroatoms. The van der Waals surface area contributed by atoms with E-state index in [0.717, 1.165) is 45.1 Å². The van der Waals surface area contributed by atoms with E-state index in [1.807, 2.05) is 0 Å². The summed E-state index contributed by atoms with van der Waals surface area (Å²) in [5, 5.41) is 0. The van der Waals surface area contributed by atoms with E-state index in [2.05, 4.69) is 11.9 Å². The third-order valence-corrected chi connectivity index (χ3v) is 3.71. The van der Waals surface area contributed by atoms with Gasteiger partial charge in [-0.3, -0.25) is 4.79 Å². The Labute approximate surface area is 103 Å². The SMILES string of the molecule is CN(CC1CCOCC1)CC1COCCC1=O. The predicted octanol–water partition coefficient (Wildman–Crippen LogP) is 0.950. The van der Waals surface area contributed by atoms with Gasteiger partial charge in [0.2, 0.25) is 0 Å². The zero-order valence-corrected chi connectivity index (χ0v) is 10.7. The minimum Gasteiger partial charge on any atom is -0.381 e. The van der Waals surface area contributed by atoms with Crippen LogP contribution in [0.5, 0.6) is 0 Å². The molecule has 4 nitrogen and oxygen atoms in total. The Morgan fingerprint density at radius 1 is 1.18 bits per heavy atom. The lowest BCUT2D eigenvalue weighted by atomic mass is 9.97. The number of rotatable bonds is 4. The van der Waals surface area contributed by atoms with Crippen LogP contribution in [-0.2, 0) is 14.3 Å². The Balaban J connectivity index is 1.71. The van der Waals surface area contributed by atoms with Crippen molar-refractivity contribution in [2.75, 3.05) is 46.6 Å². The van der Waals surface area contributed by atoms with Crippen molar-refractivity contribution in [2.24, 2.45) is 11.8 Å². The molecule has 0 aromatic rings. The Kier molecular flexibility index (Phi) is 4.95. The molecule has 2 saturated heterocycles. The van der Waals surface area contributed by atoms with Crippen molar-refractivity contribution in [1.29, 1.82) is 0 Å². The molecule has 0 aliphatic carbocycles. The Morgan fingerprint density at radius 3 is 2.65 bits per heavy atom. The van der Waals surface area contributed by atoms with Gasteiger partial charge in [0.05, 0.1) is 19.1 Å². The molecule has 0 amide bonds. The van der Waals surface area contributed by atoms with Crippen LogP contribution in [0.2, 0.25) is 0 Å². The highest BCUT2D eigenvalue weighted by Crippen LogP contribution is 2.17. The molecule has 17 heavy (non-hydrogen) atoms. The molecule has 0 bridgehead atoms. The van der Waals surface area contributed by atoms with Crippen LogP contribution in [-0.4, -0.2) is 57.2 Å². The molecule has 1 unspecified atom stereocenters. The highest BCUT2D eigenvalue weighted by atomic mass is 16.5. The van der Waals surface area contributed by atoms with Gasteiger partial charge in [0.15, 0.2) is 0 Å². The molecule has 2 fully saturated rings. The molecule has 98 valence electrons. The maximum atomic E-state index is 11.7. The molecule has 2 aliphatic rings. The summed E-state index contributed by atoms with van der Waals surface area (Å²) in [5.41, 5.74) is 0. The molecule has 2 aliphatic heterocycles. The molecule has 2 rings (SSSR count). The van der Waals surface area contributed by atoms with Gasteiger partial charge >= 0.3 is 0 Å². The largest absolute Gasteiger partial charge is 0.381 e. The van der Waals surface area contributed by atoms with E-state index in [0.29, 0.717) is 25.4 Å². The molecule has 0 spiro atoms. The average Bonchev–Trinajstić information content (AvgIpc) is 2.33. The van der Waals surface area contributed by atoms with Crippen molar-refractivity contribution in [1.82, 2.24) is 4.90 Å². The van der Waals surface area contributed by atoms with Crippen LogP contribution in [0.3, 0.4) is 0 Å². The van der Waals surface area contributed by atoms with Crippen LogP contribution < -0.4 is 0 Å². The van der Waals surface area contributed by atoms with Crippen LogP contribution in [0, 0.1) is 11.8 Å². The zero-order chi connectivity index (χ0) is 12.1. The van der Waals surface area contributed by atoms with Gasteiger partial charge in [-0.15, -0.1) is 0 Å². The van der Waals surface area contributed by atoms with Gasteiger partial charge in [-0.2, -0.15) is 0 Å². The number of hydrogen-bond acceptors (Lipinski definition) is 4.